The lowest BCUT2D eigenvalue weighted by Gasteiger charge is -2.31. The fraction of sp³-hybridized carbons (Fsp3) is 0.300. The van der Waals surface area contributed by atoms with Crippen molar-refractivity contribution in [2.45, 2.75) is 38.6 Å². The number of Topliss-reactive ketones (excluding diaryl/α,β-unsaturated/α-hetero) is 1. The van der Waals surface area contributed by atoms with Crippen LogP contribution in [0, 0.1) is 18.7 Å². The summed E-state index contributed by atoms with van der Waals surface area (Å²) in [5.41, 5.74) is 2.68. The molecule has 1 saturated carbocycles. The number of fused-ring (bicyclic) bond motifs is 1. The normalized spacial score (nSPS) is 15.9. The highest BCUT2D eigenvalue weighted by atomic mass is 19.1. The Balaban J connectivity index is 1.26. The summed E-state index contributed by atoms with van der Waals surface area (Å²) in [6, 6.07) is 16.1. The van der Waals surface area contributed by atoms with Crippen molar-refractivity contribution in [2.75, 3.05) is 18.0 Å². The minimum Gasteiger partial charge on any atom is -0.349 e. The molecule has 2 fully saturated rings. The average Bonchev–Trinajstić information content (AvgIpc) is 3.77. The van der Waals surface area contributed by atoms with Crippen LogP contribution in [0.5, 0.6) is 0 Å². The third-order valence-electron chi connectivity index (χ3n) is 7.51. The number of carbonyl (C=O) groups is 2. The van der Waals surface area contributed by atoms with Crippen LogP contribution in [0.25, 0.3) is 16.7 Å². The van der Waals surface area contributed by atoms with Crippen LogP contribution < -0.4 is 15.8 Å². The average molecular weight is 526 g/mol. The summed E-state index contributed by atoms with van der Waals surface area (Å²) >= 11 is 0. The molecule has 1 amide bonds. The largest absolute Gasteiger partial charge is 0.349 e. The summed E-state index contributed by atoms with van der Waals surface area (Å²) in [6.07, 6.45) is 3.28. The van der Waals surface area contributed by atoms with Crippen molar-refractivity contribution in [3.05, 3.63) is 93.7 Å². The Morgan fingerprint density at radius 2 is 1.54 bits per heavy atom. The number of piperidine rings is 1. The van der Waals surface area contributed by atoms with Gasteiger partial charge in [-0.3, -0.25) is 19.0 Å². The van der Waals surface area contributed by atoms with Crippen LogP contribution in [0.4, 0.5) is 10.3 Å². The van der Waals surface area contributed by atoms with Crippen molar-refractivity contribution >= 4 is 28.7 Å². The molecule has 2 aromatic heterocycles. The minimum absolute atomic E-state index is 0.0216. The van der Waals surface area contributed by atoms with E-state index in [1.165, 1.54) is 30.3 Å². The van der Waals surface area contributed by atoms with Gasteiger partial charge in [0, 0.05) is 47.6 Å². The van der Waals surface area contributed by atoms with Crippen molar-refractivity contribution < 1.29 is 14.0 Å². The van der Waals surface area contributed by atoms with Crippen LogP contribution in [-0.2, 0) is 0 Å². The van der Waals surface area contributed by atoms with E-state index in [2.05, 4.69) is 5.32 Å². The van der Waals surface area contributed by atoms with E-state index in [4.69, 9.17) is 9.97 Å². The second kappa shape index (κ2) is 10.1. The van der Waals surface area contributed by atoms with Gasteiger partial charge >= 0.3 is 0 Å². The molecule has 3 heterocycles. The number of carbonyl (C=O) groups excluding carboxylic acids is 2. The maximum atomic E-state index is 13.3. The standard InChI is InChI=1S/C30H28FN5O3/c1-18-25-12-13-26(37)36(24-10-4-21(5-11-24)29(39)33-23-8-9-23)28(25)34-30(32-18)35-16-14-20(15-17-35)27(38)19-2-6-22(31)7-3-19/h2-7,10-13,20,23H,8-9,14-17H2,1H3,(H,33,39). The van der Waals surface area contributed by atoms with Gasteiger partial charge in [0.25, 0.3) is 11.5 Å². The van der Waals surface area contributed by atoms with E-state index in [0.29, 0.717) is 54.3 Å². The summed E-state index contributed by atoms with van der Waals surface area (Å²) in [4.78, 5) is 49.9. The fourth-order valence-corrected chi connectivity index (χ4v) is 5.09. The number of benzene rings is 2. The van der Waals surface area contributed by atoms with Crippen molar-refractivity contribution in [1.29, 1.82) is 0 Å². The van der Waals surface area contributed by atoms with E-state index in [1.807, 2.05) is 11.8 Å². The molecule has 2 aliphatic rings. The predicted molar refractivity (Wildman–Crippen MR) is 146 cm³/mol. The highest BCUT2D eigenvalue weighted by molar-refractivity contribution is 5.98. The van der Waals surface area contributed by atoms with Gasteiger partial charge < -0.3 is 10.2 Å². The lowest BCUT2D eigenvalue weighted by molar-refractivity contribution is 0.0899. The van der Waals surface area contributed by atoms with Crippen molar-refractivity contribution in [3.8, 4) is 5.69 Å². The number of nitrogens with one attached hydrogen (secondary N) is 1. The van der Waals surface area contributed by atoms with E-state index in [0.717, 1.165) is 23.9 Å². The number of hydrogen-bond donors (Lipinski definition) is 1. The van der Waals surface area contributed by atoms with Gasteiger partial charge in [0.05, 0.1) is 11.4 Å². The SMILES string of the molecule is Cc1nc(N2CCC(C(=O)c3ccc(F)cc3)CC2)nc2c1ccc(=O)n2-c1ccc(C(=O)NC2CC2)cc1. The van der Waals surface area contributed by atoms with Gasteiger partial charge in [-0.2, -0.15) is 4.98 Å². The topological polar surface area (TPSA) is 97.2 Å². The molecule has 1 saturated heterocycles. The van der Waals surface area contributed by atoms with Crippen LogP contribution in [0.2, 0.25) is 0 Å². The van der Waals surface area contributed by atoms with Crippen molar-refractivity contribution in [3.63, 3.8) is 0 Å². The first-order chi connectivity index (χ1) is 18.9. The summed E-state index contributed by atoms with van der Waals surface area (Å²) in [5.74, 6) is -0.0994. The zero-order chi connectivity index (χ0) is 27.1. The molecule has 6 rings (SSSR count). The second-order valence-corrected chi connectivity index (χ2v) is 10.3. The number of rotatable bonds is 6. The monoisotopic (exact) mass is 525 g/mol. The molecule has 0 bridgehead atoms. The van der Waals surface area contributed by atoms with E-state index < -0.39 is 0 Å². The minimum atomic E-state index is -0.362. The Morgan fingerprint density at radius 3 is 2.21 bits per heavy atom. The van der Waals surface area contributed by atoms with Crippen molar-refractivity contribution in [2.24, 2.45) is 5.92 Å². The van der Waals surface area contributed by atoms with Crippen LogP contribution in [0.15, 0.2) is 65.5 Å². The predicted octanol–water partition coefficient (Wildman–Crippen LogP) is 4.22. The zero-order valence-electron chi connectivity index (χ0n) is 21.6. The number of pyridine rings is 1. The van der Waals surface area contributed by atoms with Gasteiger partial charge in [-0.25, -0.2) is 9.37 Å². The molecule has 0 radical (unpaired) electrons. The molecule has 39 heavy (non-hydrogen) atoms. The van der Waals surface area contributed by atoms with Gasteiger partial charge in [0.2, 0.25) is 5.95 Å². The molecular weight excluding hydrogens is 497 g/mol. The molecule has 4 aromatic rings. The molecule has 8 nitrogen and oxygen atoms in total. The van der Waals surface area contributed by atoms with Crippen molar-refractivity contribution in [1.82, 2.24) is 19.9 Å². The number of halogens is 1. The number of ketones is 1. The van der Waals surface area contributed by atoms with E-state index >= 15 is 0 Å². The molecule has 1 N–H and O–H groups in total. The lowest BCUT2D eigenvalue weighted by atomic mass is 9.89. The number of anilines is 1. The Bertz CT molecular complexity index is 1620. The summed E-state index contributed by atoms with van der Waals surface area (Å²) in [5, 5.41) is 3.73. The van der Waals surface area contributed by atoms with E-state index in [-0.39, 0.29) is 35.0 Å². The Labute approximate surface area is 224 Å². The van der Waals surface area contributed by atoms with Gasteiger partial charge in [-0.1, -0.05) is 0 Å². The molecule has 9 heteroatoms. The fourth-order valence-electron chi connectivity index (χ4n) is 5.09. The van der Waals surface area contributed by atoms with Crippen LogP contribution in [0.1, 0.15) is 52.1 Å². The Kier molecular flexibility index (Phi) is 6.42. The molecule has 0 spiro atoms. The zero-order valence-corrected chi connectivity index (χ0v) is 21.6. The summed E-state index contributed by atoms with van der Waals surface area (Å²) in [6.45, 7) is 3.06. The Hall–Kier alpha value is -4.40. The molecule has 1 aliphatic heterocycles. The van der Waals surface area contributed by atoms with Crippen LogP contribution >= 0.6 is 0 Å². The maximum Gasteiger partial charge on any atom is 0.256 e. The summed E-state index contributed by atoms with van der Waals surface area (Å²) in [7, 11) is 0. The molecular formula is C30H28FN5O3. The van der Waals surface area contributed by atoms with Gasteiger partial charge in [-0.05, 0) is 87.2 Å². The van der Waals surface area contributed by atoms with E-state index in [9.17, 15) is 18.8 Å². The number of aryl methyl sites for hydroxylation is 1. The first-order valence-electron chi connectivity index (χ1n) is 13.2. The first-order valence-corrected chi connectivity index (χ1v) is 13.2. The molecule has 198 valence electrons. The highest BCUT2D eigenvalue weighted by Gasteiger charge is 2.28. The smallest absolute Gasteiger partial charge is 0.256 e. The lowest BCUT2D eigenvalue weighted by Crippen LogP contribution is -2.37. The number of amides is 1. The maximum absolute atomic E-state index is 13.3. The molecule has 0 unspecified atom stereocenters. The quantitative estimate of drug-likeness (QED) is 0.379. The van der Waals surface area contributed by atoms with Crippen LogP contribution in [-0.4, -0.2) is 45.4 Å². The summed E-state index contributed by atoms with van der Waals surface area (Å²) < 4.78 is 14.8. The third-order valence-corrected chi connectivity index (χ3v) is 7.51. The Morgan fingerprint density at radius 1 is 0.872 bits per heavy atom. The number of hydrogen-bond acceptors (Lipinski definition) is 6. The number of nitrogens with zero attached hydrogens (tertiary/aromatic N) is 4. The van der Waals surface area contributed by atoms with Crippen LogP contribution in [0.3, 0.4) is 0 Å². The number of aromatic nitrogens is 3. The van der Waals surface area contributed by atoms with Gasteiger partial charge in [0.15, 0.2) is 11.4 Å². The van der Waals surface area contributed by atoms with Gasteiger partial charge in [-0.15, -0.1) is 0 Å². The third kappa shape index (κ3) is 5.04. The highest BCUT2D eigenvalue weighted by Crippen LogP contribution is 2.27. The second-order valence-electron chi connectivity index (χ2n) is 10.3. The molecule has 2 aromatic carbocycles. The van der Waals surface area contributed by atoms with Gasteiger partial charge in [0.1, 0.15) is 5.82 Å². The van der Waals surface area contributed by atoms with E-state index in [1.54, 1.807) is 34.9 Å². The molecule has 1 aliphatic carbocycles. The first kappa shape index (κ1) is 24.9. The molecule has 0 atom stereocenters.